The summed E-state index contributed by atoms with van der Waals surface area (Å²) in [4.78, 5) is 30.1. The van der Waals surface area contributed by atoms with E-state index in [9.17, 15) is 9.59 Å². The average molecular weight is 409 g/mol. The molecule has 0 bridgehead atoms. The number of carbonyl (C=O) groups excluding carboxylic acids is 2. The Morgan fingerprint density at radius 3 is 2.57 bits per heavy atom. The van der Waals surface area contributed by atoms with Crippen LogP contribution in [0.4, 0.5) is 0 Å². The molecule has 0 aliphatic carbocycles. The number of aliphatic hydroxyl groups is 1. The van der Waals surface area contributed by atoms with Gasteiger partial charge in [0.1, 0.15) is 12.0 Å². The molecule has 1 aromatic heterocycles. The van der Waals surface area contributed by atoms with E-state index in [-0.39, 0.29) is 11.9 Å². The second-order valence-corrected chi connectivity index (χ2v) is 8.19. The minimum Gasteiger partial charge on any atom is -0.477 e. The van der Waals surface area contributed by atoms with Crippen molar-refractivity contribution in [2.45, 2.75) is 31.0 Å². The van der Waals surface area contributed by atoms with Crippen LogP contribution in [0, 0.1) is 0 Å². The zero-order valence-electron chi connectivity index (χ0n) is 17.1. The van der Waals surface area contributed by atoms with E-state index in [1.54, 1.807) is 24.4 Å². The van der Waals surface area contributed by atoms with Crippen molar-refractivity contribution >= 4 is 12.1 Å². The summed E-state index contributed by atoms with van der Waals surface area (Å²) in [6.45, 7) is 3.49. The van der Waals surface area contributed by atoms with Gasteiger partial charge in [-0.15, -0.1) is 0 Å². The molecule has 7 nitrogen and oxygen atoms in total. The number of ether oxygens (including phenoxy) is 1. The number of rotatable bonds is 2. The molecule has 1 aromatic carbocycles. The van der Waals surface area contributed by atoms with E-state index in [0.29, 0.717) is 35.4 Å². The number of aliphatic hydroxyl groups excluding tert-OH is 1. The van der Waals surface area contributed by atoms with Gasteiger partial charge in [0.05, 0.1) is 23.6 Å². The van der Waals surface area contributed by atoms with E-state index in [1.807, 2.05) is 19.2 Å². The molecule has 158 valence electrons. The molecule has 30 heavy (non-hydrogen) atoms. The van der Waals surface area contributed by atoms with Crippen molar-refractivity contribution in [1.82, 2.24) is 15.2 Å². The highest BCUT2D eigenvalue weighted by molar-refractivity contribution is 6.08. The van der Waals surface area contributed by atoms with Crippen LogP contribution < -0.4 is 10.1 Å². The number of nitrogens with one attached hydrogen (secondary N) is 1. The lowest BCUT2D eigenvalue weighted by atomic mass is 9.86. The van der Waals surface area contributed by atoms with E-state index in [4.69, 9.17) is 9.84 Å². The molecule has 1 spiro atoms. The summed E-state index contributed by atoms with van der Waals surface area (Å²) in [5.41, 5.74) is 2.09. The Labute approximate surface area is 176 Å². The molecule has 0 amide bonds. The molecule has 1 unspecified atom stereocenters. The van der Waals surface area contributed by atoms with Gasteiger partial charge in [-0.3, -0.25) is 14.6 Å². The SMILES string of the molecule is CN1CCC(O)C1.O=Cc1ccc(-c2cc3c(cn2)OC2(CCNCC2)C3=O)cc1. The van der Waals surface area contributed by atoms with Gasteiger partial charge < -0.3 is 20.1 Å². The lowest BCUT2D eigenvalue weighted by molar-refractivity contribution is 0.0423. The van der Waals surface area contributed by atoms with Crippen molar-refractivity contribution in [1.29, 1.82) is 0 Å². The Bertz CT molecular complexity index is 915. The van der Waals surface area contributed by atoms with Gasteiger partial charge in [0, 0.05) is 37.1 Å². The first-order chi connectivity index (χ1) is 14.5. The average Bonchev–Trinajstić information content (AvgIpc) is 3.28. The fourth-order valence-corrected chi connectivity index (χ4v) is 4.17. The van der Waals surface area contributed by atoms with Crippen molar-refractivity contribution in [2.75, 3.05) is 33.2 Å². The highest BCUT2D eigenvalue weighted by Gasteiger charge is 2.48. The van der Waals surface area contributed by atoms with E-state index in [0.717, 1.165) is 44.4 Å². The number of aromatic nitrogens is 1. The zero-order chi connectivity index (χ0) is 21.1. The zero-order valence-corrected chi connectivity index (χ0v) is 17.1. The minimum absolute atomic E-state index is 0.0509. The Hall–Kier alpha value is -2.61. The third kappa shape index (κ3) is 4.14. The number of hydrogen-bond donors (Lipinski definition) is 2. The normalized spacial score (nSPS) is 22.2. The maximum absolute atomic E-state index is 12.8. The van der Waals surface area contributed by atoms with E-state index >= 15 is 0 Å². The van der Waals surface area contributed by atoms with Gasteiger partial charge in [-0.25, -0.2) is 0 Å². The van der Waals surface area contributed by atoms with Gasteiger partial charge in [-0.1, -0.05) is 24.3 Å². The smallest absolute Gasteiger partial charge is 0.210 e. The third-order valence-corrected chi connectivity index (χ3v) is 5.95. The number of ketones is 1. The first kappa shape index (κ1) is 20.7. The summed E-state index contributed by atoms with van der Waals surface area (Å²) < 4.78 is 5.98. The summed E-state index contributed by atoms with van der Waals surface area (Å²) in [6.07, 6.45) is 4.71. The van der Waals surface area contributed by atoms with Gasteiger partial charge >= 0.3 is 0 Å². The van der Waals surface area contributed by atoms with Gasteiger partial charge in [-0.05, 0) is 32.6 Å². The Morgan fingerprint density at radius 2 is 2.00 bits per heavy atom. The number of likely N-dealkylation sites (N-methyl/N-ethyl adjacent to an activating group) is 1. The Morgan fingerprint density at radius 1 is 1.27 bits per heavy atom. The summed E-state index contributed by atoms with van der Waals surface area (Å²) in [5.74, 6) is 0.632. The van der Waals surface area contributed by atoms with Crippen LogP contribution in [0.1, 0.15) is 40.0 Å². The fourth-order valence-electron chi connectivity index (χ4n) is 4.17. The van der Waals surface area contributed by atoms with Crippen molar-refractivity contribution in [3.63, 3.8) is 0 Å². The molecule has 1 atom stereocenters. The van der Waals surface area contributed by atoms with Gasteiger partial charge in [0.25, 0.3) is 0 Å². The quantitative estimate of drug-likeness (QED) is 0.733. The minimum atomic E-state index is -0.713. The van der Waals surface area contributed by atoms with Crippen LogP contribution in [0.5, 0.6) is 5.75 Å². The molecule has 4 heterocycles. The molecule has 2 fully saturated rings. The maximum Gasteiger partial charge on any atom is 0.210 e. The molecule has 2 N–H and O–H groups in total. The highest BCUT2D eigenvalue weighted by atomic mass is 16.5. The lowest BCUT2D eigenvalue weighted by Crippen LogP contribution is -2.49. The number of β-amino-alcohol motifs (C(OH)–C–C–N with tert-alkyl or cyclic N) is 1. The van der Waals surface area contributed by atoms with Gasteiger partial charge in [0.2, 0.25) is 5.78 Å². The first-order valence-electron chi connectivity index (χ1n) is 10.4. The van der Waals surface area contributed by atoms with Gasteiger partial charge in [0.15, 0.2) is 5.60 Å². The summed E-state index contributed by atoms with van der Waals surface area (Å²) in [5, 5.41) is 12.1. The van der Waals surface area contributed by atoms with Gasteiger partial charge in [-0.2, -0.15) is 0 Å². The largest absolute Gasteiger partial charge is 0.477 e. The van der Waals surface area contributed by atoms with Crippen LogP contribution >= 0.6 is 0 Å². The maximum atomic E-state index is 12.8. The van der Waals surface area contributed by atoms with Crippen LogP contribution in [0.2, 0.25) is 0 Å². The molecule has 2 aromatic rings. The number of carbonyl (C=O) groups is 2. The molecule has 7 heteroatoms. The second-order valence-electron chi connectivity index (χ2n) is 8.19. The van der Waals surface area contributed by atoms with Crippen molar-refractivity contribution in [3.8, 4) is 17.0 Å². The fraction of sp³-hybridized carbons (Fsp3) is 0.435. The number of Topliss-reactive ketones (excluding diaryl/α,β-unsaturated/α-hetero) is 1. The molecule has 0 radical (unpaired) electrons. The van der Waals surface area contributed by atoms with Crippen molar-refractivity contribution in [2.24, 2.45) is 0 Å². The van der Waals surface area contributed by atoms with Crippen LogP contribution in [-0.2, 0) is 0 Å². The molecular formula is C23H27N3O4. The Kier molecular flexibility index (Phi) is 5.94. The predicted octanol–water partition coefficient (Wildman–Crippen LogP) is 1.94. The number of aldehydes is 1. The van der Waals surface area contributed by atoms with Crippen LogP contribution in [-0.4, -0.2) is 72.0 Å². The molecule has 5 rings (SSSR count). The van der Waals surface area contributed by atoms with E-state index in [1.165, 1.54) is 0 Å². The Balaban J connectivity index is 0.000000265. The molecule has 0 saturated carbocycles. The van der Waals surface area contributed by atoms with Crippen molar-refractivity contribution < 1.29 is 19.4 Å². The molecule has 3 aliphatic rings. The lowest BCUT2D eigenvalue weighted by Gasteiger charge is -2.31. The highest BCUT2D eigenvalue weighted by Crippen LogP contribution is 2.40. The number of pyridine rings is 1. The first-order valence-corrected chi connectivity index (χ1v) is 10.4. The van der Waals surface area contributed by atoms with E-state index in [2.05, 4.69) is 15.2 Å². The van der Waals surface area contributed by atoms with Crippen molar-refractivity contribution in [3.05, 3.63) is 47.7 Å². The number of hydrogen-bond acceptors (Lipinski definition) is 7. The number of fused-ring (bicyclic) bond motifs is 1. The summed E-state index contributed by atoms with van der Waals surface area (Å²) >= 11 is 0. The standard InChI is InChI=1S/C18H16N2O3.C5H11NO/c21-11-12-1-3-13(4-2-12)15-9-14-16(10-20-15)23-18(17(14)22)5-7-19-8-6-18;1-6-3-2-5(7)4-6/h1-4,9-11,19H,5-8H2;5,7H,2-4H2,1H3. The number of nitrogens with zero attached hydrogens (tertiary/aromatic N) is 2. The molecule has 3 aliphatic heterocycles. The summed E-state index contributed by atoms with van der Waals surface area (Å²) in [7, 11) is 2.02. The number of likely N-dealkylation sites (tertiary alicyclic amines) is 1. The predicted molar refractivity (Wildman–Crippen MR) is 113 cm³/mol. The third-order valence-electron chi connectivity index (χ3n) is 5.95. The summed E-state index contributed by atoms with van der Waals surface area (Å²) in [6, 6.07) is 8.94. The second kappa shape index (κ2) is 8.63. The van der Waals surface area contributed by atoms with E-state index < -0.39 is 5.60 Å². The topological polar surface area (TPSA) is 91.8 Å². The monoisotopic (exact) mass is 409 g/mol. The molecular weight excluding hydrogens is 382 g/mol. The number of piperidine rings is 1. The van der Waals surface area contributed by atoms with Crippen LogP contribution in [0.15, 0.2) is 36.5 Å². The van der Waals surface area contributed by atoms with Crippen LogP contribution in [0.25, 0.3) is 11.3 Å². The van der Waals surface area contributed by atoms with Crippen LogP contribution in [0.3, 0.4) is 0 Å². The molecule has 2 saturated heterocycles. The number of benzene rings is 1.